The summed E-state index contributed by atoms with van der Waals surface area (Å²) in [6, 6.07) is 5.77. The van der Waals surface area contributed by atoms with Crippen molar-refractivity contribution < 1.29 is 14.0 Å². The molecule has 3 atom stereocenters. The van der Waals surface area contributed by atoms with Gasteiger partial charge in [-0.1, -0.05) is 6.42 Å². The van der Waals surface area contributed by atoms with Crippen molar-refractivity contribution in [2.24, 2.45) is 17.8 Å². The predicted octanol–water partition coefficient (Wildman–Crippen LogP) is 2.34. The third-order valence-corrected chi connectivity index (χ3v) is 6.23. The van der Waals surface area contributed by atoms with Gasteiger partial charge in [-0.3, -0.25) is 14.5 Å². The summed E-state index contributed by atoms with van der Waals surface area (Å²) in [5.74, 6) is 1.57. The molecule has 0 spiro atoms. The maximum Gasteiger partial charge on any atom is 0.238 e. The number of hydrogen-bond acceptors (Lipinski definition) is 3. The highest BCUT2D eigenvalue weighted by molar-refractivity contribution is 5.92. The van der Waals surface area contributed by atoms with Gasteiger partial charge < -0.3 is 10.2 Å². The maximum absolute atomic E-state index is 12.9. The monoisotopic (exact) mass is 359 g/mol. The molecule has 2 aliphatic carbocycles. The number of rotatable bonds is 4. The van der Waals surface area contributed by atoms with E-state index in [1.807, 2.05) is 4.90 Å². The van der Waals surface area contributed by atoms with Gasteiger partial charge in [0.2, 0.25) is 11.8 Å². The quantitative estimate of drug-likeness (QED) is 0.898. The number of hydrogen-bond donors (Lipinski definition) is 1. The fraction of sp³-hybridized carbons (Fsp3) is 0.600. The molecular weight excluding hydrogens is 333 g/mol. The van der Waals surface area contributed by atoms with Crippen LogP contribution in [0.5, 0.6) is 0 Å². The molecule has 0 unspecified atom stereocenters. The standard InChI is InChI=1S/C20H26FN3O2/c21-16-3-5-17(6-4-16)22-19(25)13-23-7-9-24(10-8-23)20(26)18-12-14-1-2-15(18)11-14/h3-6,14-15,18H,1-2,7-13H2,(H,22,25)/t14-,15-,18+/m0/s1. The van der Waals surface area contributed by atoms with Crippen LogP contribution >= 0.6 is 0 Å². The molecule has 0 aromatic heterocycles. The molecule has 3 fully saturated rings. The van der Waals surface area contributed by atoms with Gasteiger partial charge in [0.25, 0.3) is 0 Å². The maximum atomic E-state index is 12.9. The fourth-order valence-corrected chi connectivity index (χ4v) is 4.84. The zero-order valence-corrected chi connectivity index (χ0v) is 15.0. The summed E-state index contributed by atoms with van der Waals surface area (Å²) < 4.78 is 12.9. The second-order valence-electron chi connectivity index (χ2n) is 7.94. The number of anilines is 1. The Morgan fingerprint density at radius 3 is 2.38 bits per heavy atom. The fourth-order valence-electron chi connectivity index (χ4n) is 4.84. The van der Waals surface area contributed by atoms with E-state index in [0.29, 0.717) is 37.1 Å². The van der Waals surface area contributed by atoms with Gasteiger partial charge in [0.1, 0.15) is 5.82 Å². The van der Waals surface area contributed by atoms with Crippen molar-refractivity contribution >= 4 is 17.5 Å². The number of fused-ring (bicyclic) bond motifs is 2. The van der Waals surface area contributed by atoms with Gasteiger partial charge in [-0.25, -0.2) is 4.39 Å². The first-order chi connectivity index (χ1) is 12.6. The first-order valence-corrected chi connectivity index (χ1v) is 9.65. The van der Waals surface area contributed by atoms with Crippen LogP contribution in [0.15, 0.2) is 24.3 Å². The normalized spacial score (nSPS) is 28.3. The van der Waals surface area contributed by atoms with E-state index in [2.05, 4.69) is 10.2 Å². The lowest BCUT2D eigenvalue weighted by Crippen LogP contribution is -2.52. The molecule has 140 valence electrons. The minimum atomic E-state index is -0.320. The smallest absolute Gasteiger partial charge is 0.238 e. The Bertz CT molecular complexity index is 670. The Morgan fingerprint density at radius 1 is 1.04 bits per heavy atom. The van der Waals surface area contributed by atoms with Gasteiger partial charge in [0.15, 0.2) is 0 Å². The van der Waals surface area contributed by atoms with Gasteiger partial charge in [-0.15, -0.1) is 0 Å². The minimum absolute atomic E-state index is 0.107. The molecule has 2 bridgehead atoms. The number of nitrogens with zero attached hydrogens (tertiary/aromatic N) is 2. The molecule has 1 heterocycles. The summed E-state index contributed by atoms with van der Waals surface area (Å²) in [4.78, 5) is 29.0. The lowest BCUT2D eigenvalue weighted by molar-refractivity contribution is -0.139. The lowest BCUT2D eigenvalue weighted by Gasteiger charge is -2.37. The highest BCUT2D eigenvalue weighted by Crippen LogP contribution is 2.48. The van der Waals surface area contributed by atoms with Crippen molar-refractivity contribution in [3.8, 4) is 0 Å². The second kappa shape index (κ2) is 7.35. The second-order valence-corrected chi connectivity index (χ2v) is 7.94. The Labute approximate surface area is 153 Å². The average molecular weight is 359 g/mol. The zero-order chi connectivity index (χ0) is 18.1. The van der Waals surface area contributed by atoms with Crippen LogP contribution in [0.2, 0.25) is 0 Å². The van der Waals surface area contributed by atoms with Gasteiger partial charge in [-0.05, 0) is 55.4 Å². The zero-order valence-electron chi connectivity index (χ0n) is 15.0. The minimum Gasteiger partial charge on any atom is -0.340 e. The highest BCUT2D eigenvalue weighted by atomic mass is 19.1. The molecule has 1 aromatic rings. The van der Waals surface area contributed by atoms with Gasteiger partial charge in [-0.2, -0.15) is 0 Å². The van der Waals surface area contributed by atoms with Crippen molar-refractivity contribution in [2.45, 2.75) is 25.7 Å². The summed E-state index contributed by atoms with van der Waals surface area (Å²) >= 11 is 0. The molecule has 1 N–H and O–H groups in total. The van der Waals surface area contributed by atoms with E-state index >= 15 is 0 Å². The molecule has 5 nitrogen and oxygen atoms in total. The summed E-state index contributed by atoms with van der Waals surface area (Å²) in [7, 11) is 0. The SMILES string of the molecule is O=C(CN1CCN(C(=O)[C@@H]2C[C@H]3CC[C@H]2C3)CC1)Nc1ccc(F)cc1. The summed E-state index contributed by atoms with van der Waals surface area (Å²) in [6.45, 7) is 3.16. The molecule has 4 rings (SSSR count). The molecule has 1 saturated heterocycles. The molecule has 6 heteroatoms. The van der Waals surface area contributed by atoms with Crippen molar-refractivity contribution in [3.63, 3.8) is 0 Å². The van der Waals surface area contributed by atoms with E-state index in [4.69, 9.17) is 0 Å². The van der Waals surface area contributed by atoms with Crippen LogP contribution in [0, 0.1) is 23.6 Å². The largest absolute Gasteiger partial charge is 0.340 e. The summed E-state index contributed by atoms with van der Waals surface area (Å²) in [5.41, 5.74) is 0.599. The Kier molecular flexibility index (Phi) is 4.94. The molecule has 3 aliphatic rings. The van der Waals surface area contributed by atoms with Crippen LogP contribution in [-0.2, 0) is 9.59 Å². The molecule has 0 radical (unpaired) electrons. The van der Waals surface area contributed by atoms with Gasteiger partial charge in [0, 0.05) is 37.8 Å². The summed E-state index contributed by atoms with van der Waals surface area (Å²) in [6.07, 6.45) is 4.87. The Hall–Kier alpha value is -1.95. The molecular formula is C20H26FN3O2. The van der Waals surface area contributed by atoms with Crippen LogP contribution in [0.4, 0.5) is 10.1 Å². The van der Waals surface area contributed by atoms with E-state index in [1.54, 1.807) is 12.1 Å². The number of piperazine rings is 1. The molecule has 26 heavy (non-hydrogen) atoms. The number of carbonyl (C=O) groups is 2. The number of halogens is 1. The van der Waals surface area contributed by atoms with E-state index in [0.717, 1.165) is 25.4 Å². The molecule has 2 amide bonds. The van der Waals surface area contributed by atoms with Gasteiger partial charge >= 0.3 is 0 Å². The summed E-state index contributed by atoms with van der Waals surface area (Å²) in [5, 5.41) is 2.79. The first kappa shape index (κ1) is 17.5. The third kappa shape index (κ3) is 3.75. The van der Waals surface area contributed by atoms with Crippen LogP contribution in [0.25, 0.3) is 0 Å². The number of benzene rings is 1. The number of carbonyl (C=O) groups excluding carboxylic acids is 2. The Balaban J connectivity index is 1.22. The highest BCUT2D eigenvalue weighted by Gasteiger charge is 2.44. The topological polar surface area (TPSA) is 52.7 Å². The first-order valence-electron chi connectivity index (χ1n) is 9.65. The average Bonchev–Trinajstić information content (AvgIpc) is 3.27. The molecule has 2 saturated carbocycles. The van der Waals surface area contributed by atoms with E-state index in [-0.39, 0.29) is 17.6 Å². The van der Waals surface area contributed by atoms with Crippen LogP contribution in [0.3, 0.4) is 0 Å². The van der Waals surface area contributed by atoms with Crippen molar-refractivity contribution in [2.75, 3.05) is 38.0 Å². The number of nitrogens with one attached hydrogen (secondary N) is 1. The van der Waals surface area contributed by atoms with Crippen molar-refractivity contribution in [3.05, 3.63) is 30.1 Å². The molecule has 1 aromatic carbocycles. The van der Waals surface area contributed by atoms with Crippen molar-refractivity contribution in [1.82, 2.24) is 9.80 Å². The van der Waals surface area contributed by atoms with Crippen LogP contribution in [-0.4, -0.2) is 54.3 Å². The van der Waals surface area contributed by atoms with Crippen LogP contribution in [0.1, 0.15) is 25.7 Å². The van der Waals surface area contributed by atoms with E-state index in [1.165, 1.54) is 31.4 Å². The third-order valence-electron chi connectivity index (χ3n) is 6.23. The van der Waals surface area contributed by atoms with Crippen LogP contribution < -0.4 is 5.32 Å². The van der Waals surface area contributed by atoms with E-state index < -0.39 is 0 Å². The van der Waals surface area contributed by atoms with E-state index in [9.17, 15) is 14.0 Å². The Morgan fingerprint density at radius 2 is 1.77 bits per heavy atom. The predicted molar refractivity (Wildman–Crippen MR) is 97.0 cm³/mol. The lowest BCUT2D eigenvalue weighted by atomic mass is 9.87. The number of amides is 2. The van der Waals surface area contributed by atoms with Gasteiger partial charge in [0.05, 0.1) is 6.54 Å². The van der Waals surface area contributed by atoms with Crippen molar-refractivity contribution in [1.29, 1.82) is 0 Å². The molecule has 1 aliphatic heterocycles.